The third kappa shape index (κ3) is 3.20. The predicted octanol–water partition coefficient (Wildman–Crippen LogP) is 3.04. The fourth-order valence-electron chi connectivity index (χ4n) is 11.6. The molecule has 0 radical (unpaired) electrons. The van der Waals surface area contributed by atoms with Crippen molar-refractivity contribution in [1.29, 1.82) is 0 Å². The number of carboxylic acids is 1. The van der Waals surface area contributed by atoms with Gasteiger partial charge in [0, 0.05) is 5.41 Å². The van der Waals surface area contributed by atoms with Crippen LogP contribution in [0.3, 0.4) is 0 Å². The molecular formula is C30H49O6-. The molecule has 206 valence electrons. The lowest BCUT2D eigenvalue weighted by Gasteiger charge is -2.66. The van der Waals surface area contributed by atoms with E-state index in [0.717, 1.165) is 32.1 Å². The molecule has 5 saturated carbocycles. The first-order valence-electron chi connectivity index (χ1n) is 14.5. The quantitative estimate of drug-likeness (QED) is 0.435. The second-order valence-electron chi connectivity index (χ2n) is 15.4. The SMILES string of the molecule is CC1(C)[C@H](O)CC[C@]2(C)[C@H]3CC[C@H]4[C@@](C)(CC[C@@H]5[C@]4(C)CC[C@H](O)[C@]5(C)C(=O)[O-])C[C@]3(O)[C@@H](O)C[C@@H]12. The molecular weight excluding hydrogens is 456 g/mol. The lowest BCUT2D eigenvalue weighted by atomic mass is 9.41. The van der Waals surface area contributed by atoms with Gasteiger partial charge in [0.1, 0.15) is 0 Å². The van der Waals surface area contributed by atoms with Crippen molar-refractivity contribution in [2.75, 3.05) is 0 Å². The second kappa shape index (κ2) is 7.92. The van der Waals surface area contributed by atoms with Gasteiger partial charge in [-0.1, -0.05) is 41.5 Å². The maximum atomic E-state index is 12.4. The Morgan fingerprint density at radius 3 is 1.86 bits per heavy atom. The Kier molecular flexibility index (Phi) is 5.92. The highest BCUT2D eigenvalue weighted by atomic mass is 16.4. The second-order valence-corrected chi connectivity index (χ2v) is 15.4. The van der Waals surface area contributed by atoms with E-state index in [0.29, 0.717) is 32.1 Å². The molecule has 12 atom stereocenters. The minimum absolute atomic E-state index is 0.0725. The van der Waals surface area contributed by atoms with E-state index in [1.165, 1.54) is 0 Å². The molecule has 0 heterocycles. The van der Waals surface area contributed by atoms with Crippen molar-refractivity contribution >= 4 is 5.97 Å². The number of hydrogen-bond acceptors (Lipinski definition) is 6. The van der Waals surface area contributed by atoms with Crippen molar-refractivity contribution in [3.05, 3.63) is 0 Å². The Morgan fingerprint density at radius 2 is 1.25 bits per heavy atom. The van der Waals surface area contributed by atoms with E-state index in [9.17, 15) is 30.3 Å². The van der Waals surface area contributed by atoms with E-state index in [-0.39, 0.29) is 45.3 Å². The van der Waals surface area contributed by atoms with Gasteiger partial charge in [0.15, 0.2) is 0 Å². The number of rotatable bonds is 1. The van der Waals surface area contributed by atoms with Crippen LogP contribution in [0, 0.1) is 50.7 Å². The largest absolute Gasteiger partial charge is 0.549 e. The van der Waals surface area contributed by atoms with Crippen molar-refractivity contribution in [2.45, 2.75) is 130 Å². The van der Waals surface area contributed by atoms with E-state index in [1.807, 2.05) is 0 Å². The normalized spacial score (nSPS) is 58.4. The highest BCUT2D eigenvalue weighted by molar-refractivity contribution is 5.73. The number of fused-ring (bicyclic) bond motifs is 6. The van der Waals surface area contributed by atoms with Crippen molar-refractivity contribution in [3.8, 4) is 0 Å². The molecule has 0 aromatic heterocycles. The lowest BCUT2D eigenvalue weighted by molar-refractivity contribution is -0.335. The lowest BCUT2D eigenvalue weighted by Crippen LogP contribution is -2.67. The Bertz CT molecular complexity index is 919. The Labute approximate surface area is 216 Å². The zero-order chi connectivity index (χ0) is 26.7. The molecule has 6 heteroatoms. The van der Waals surface area contributed by atoms with Gasteiger partial charge >= 0.3 is 0 Å². The number of aliphatic hydroxyl groups excluding tert-OH is 3. The Morgan fingerprint density at radius 1 is 0.694 bits per heavy atom. The summed E-state index contributed by atoms with van der Waals surface area (Å²) < 4.78 is 0. The standard InChI is InChI=1S/C30H50O6/c1-25(2)20-15-23(33)30(36)16-26(3)12-9-18-27(4,14-11-22(32)29(18,6)24(34)35)17(26)7-8-19(30)28(20,5)13-10-21(25)31/h17-23,31-33,36H,7-16H2,1-6H3,(H,34,35)/p-1/t17-,18+,19+,20-,21+,22-,23-,26-,27+,28+,29+,30+/m0/s1. The summed E-state index contributed by atoms with van der Waals surface area (Å²) in [6.07, 6.45) is 4.79. The fraction of sp³-hybridized carbons (Fsp3) is 0.967. The van der Waals surface area contributed by atoms with E-state index >= 15 is 0 Å². The number of carboxylic acid groups (broad SMARTS) is 1. The van der Waals surface area contributed by atoms with Crippen LogP contribution in [0.2, 0.25) is 0 Å². The molecule has 5 aliphatic carbocycles. The zero-order valence-corrected chi connectivity index (χ0v) is 23.2. The molecule has 0 spiro atoms. The maximum absolute atomic E-state index is 12.4. The highest BCUT2D eigenvalue weighted by Gasteiger charge is 2.69. The van der Waals surface area contributed by atoms with E-state index in [4.69, 9.17) is 0 Å². The highest BCUT2D eigenvalue weighted by Crippen LogP contribution is 2.71. The third-order valence-corrected chi connectivity index (χ3v) is 13.6. The molecule has 36 heavy (non-hydrogen) atoms. The first-order chi connectivity index (χ1) is 16.5. The smallest absolute Gasteiger partial charge is 0.0944 e. The molecule has 4 N–H and O–H groups in total. The van der Waals surface area contributed by atoms with Gasteiger partial charge in [0.05, 0.1) is 29.9 Å². The van der Waals surface area contributed by atoms with Gasteiger partial charge < -0.3 is 30.3 Å². The topological polar surface area (TPSA) is 121 Å². The summed E-state index contributed by atoms with van der Waals surface area (Å²) in [7, 11) is 0. The summed E-state index contributed by atoms with van der Waals surface area (Å²) in [4.78, 5) is 12.4. The first kappa shape index (κ1) is 26.9. The summed E-state index contributed by atoms with van der Waals surface area (Å²) in [6, 6.07) is 0. The zero-order valence-electron chi connectivity index (χ0n) is 23.2. The van der Waals surface area contributed by atoms with E-state index in [1.54, 1.807) is 6.92 Å². The summed E-state index contributed by atoms with van der Waals surface area (Å²) >= 11 is 0. The Balaban J connectivity index is 1.56. The van der Waals surface area contributed by atoms with Gasteiger partial charge in [-0.05, 0) is 110 Å². The van der Waals surface area contributed by atoms with E-state index in [2.05, 4.69) is 34.6 Å². The molecule has 0 aromatic rings. The van der Waals surface area contributed by atoms with Gasteiger partial charge in [-0.2, -0.15) is 0 Å². The van der Waals surface area contributed by atoms with E-state index < -0.39 is 35.3 Å². The minimum atomic E-state index is -1.27. The van der Waals surface area contributed by atoms with Crippen LogP contribution >= 0.6 is 0 Å². The molecule has 0 bridgehead atoms. The average Bonchev–Trinajstić information content (AvgIpc) is 2.91. The summed E-state index contributed by atoms with van der Waals surface area (Å²) in [5.41, 5.74) is -3.48. The van der Waals surface area contributed by atoms with Crippen molar-refractivity contribution < 1.29 is 30.3 Å². The Hall–Kier alpha value is -0.690. The van der Waals surface area contributed by atoms with Crippen molar-refractivity contribution in [2.24, 2.45) is 50.7 Å². The molecule has 5 rings (SSSR count). The van der Waals surface area contributed by atoms with Crippen LogP contribution in [0.15, 0.2) is 0 Å². The summed E-state index contributed by atoms with van der Waals surface area (Å²) in [6.45, 7) is 12.7. The van der Waals surface area contributed by atoms with Crippen LogP contribution in [0.4, 0.5) is 0 Å². The number of aliphatic carboxylic acids is 1. The van der Waals surface area contributed by atoms with Gasteiger partial charge in [0.2, 0.25) is 0 Å². The fourth-order valence-corrected chi connectivity index (χ4v) is 11.6. The van der Waals surface area contributed by atoms with Crippen LogP contribution in [0.25, 0.3) is 0 Å². The molecule has 0 aromatic carbocycles. The van der Waals surface area contributed by atoms with Crippen LogP contribution in [0.5, 0.6) is 0 Å². The van der Waals surface area contributed by atoms with Crippen LogP contribution in [-0.2, 0) is 4.79 Å². The maximum Gasteiger partial charge on any atom is 0.0944 e. The molecule has 5 aliphatic rings. The van der Waals surface area contributed by atoms with Crippen molar-refractivity contribution in [3.63, 3.8) is 0 Å². The van der Waals surface area contributed by atoms with Crippen molar-refractivity contribution in [1.82, 2.24) is 0 Å². The molecule has 0 amide bonds. The monoisotopic (exact) mass is 505 g/mol. The van der Waals surface area contributed by atoms with Gasteiger partial charge in [-0.25, -0.2) is 0 Å². The van der Waals surface area contributed by atoms with Gasteiger partial charge in [-0.3, -0.25) is 0 Å². The van der Waals surface area contributed by atoms with Crippen LogP contribution in [-0.4, -0.2) is 50.3 Å². The average molecular weight is 506 g/mol. The summed E-state index contributed by atoms with van der Waals surface area (Å²) in [5.74, 6) is -1.08. The molecule has 0 saturated heterocycles. The molecule has 5 fully saturated rings. The van der Waals surface area contributed by atoms with Crippen LogP contribution < -0.4 is 5.11 Å². The third-order valence-electron chi connectivity index (χ3n) is 13.6. The van der Waals surface area contributed by atoms with Gasteiger partial charge in [-0.15, -0.1) is 0 Å². The van der Waals surface area contributed by atoms with Crippen LogP contribution in [0.1, 0.15) is 106 Å². The molecule has 6 nitrogen and oxygen atoms in total. The number of hydrogen-bond donors (Lipinski definition) is 4. The number of carbonyl (C=O) groups excluding carboxylic acids is 1. The molecule has 0 unspecified atom stereocenters. The number of carbonyl (C=O) groups is 1. The minimum Gasteiger partial charge on any atom is -0.549 e. The summed E-state index contributed by atoms with van der Waals surface area (Å²) in [5, 5.41) is 58.1. The van der Waals surface area contributed by atoms with Gasteiger partial charge in [0.25, 0.3) is 0 Å². The first-order valence-corrected chi connectivity index (χ1v) is 14.5. The predicted molar refractivity (Wildman–Crippen MR) is 134 cm³/mol. The number of aliphatic hydroxyl groups is 4. The molecule has 0 aliphatic heterocycles.